The van der Waals surface area contributed by atoms with Gasteiger partial charge in [-0.25, -0.2) is 0 Å². The minimum atomic E-state index is 0.110. The molecule has 14 heavy (non-hydrogen) atoms. The highest BCUT2D eigenvalue weighted by Crippen LogP contribution is 2.23. The fourth-order valence-corrected chi connectivity index (χ4v) is 1.97. The minimum Gasteiger partial charge on any atom is -0.350 e. The summed E-state index contributed by atoms with van der Waals surface area (Å²) in [5.74, 6) is 0. The second-order valence-corrected chi connectivity index (χ2v) is 3.99. The third-order valence-electron chi connectivity index (χ3n) is 2.71. The van der Waals surface area contributed by atoms with E-state index in [2.05, 4.69) is 42.9 Å². The molecule has 0 radical (unpaired) electrons. The molecule has 0 aliphatic rings. The van der Waals surface area contributed by atoms with Crippen molar-refractivity contribution in [3.63, 3.8) is 0 Å². The Kier molecular flexibility index (Phi) is 2.08. The lowest BCUT2D eigenvalue weighted by atomic mass is 10.0. The second-order valence-electron chi connectivity index (χ2n) is 3.99. The van der Waals surface area contributed by atoms with E-state index in [0.29, 0.717) is 0 Å². The molecular formula is C12H16N2. The Morgan fingerprint density at radius 1 is 1.36 bits per heavy atom. The molecule has 0 bridgehead atoms. The van der Waals surface area contributed by atoms with Gasteiger partial charge in [0.05, 0.1) is 5.52 Å². The van der Waals surface area contributed by atoms with Crippen LogP contribution < -0.4 is 5.73 Å². The molecule has 0 fully saturated rings. The Morgan fingerprint density at radius 2 is 2.07 bits per heavy atom. The molecule has 2 nitrogen and oxygen atoms in total. The van der Waals surface area contributed by atoms with Gasteiger partial charge in [-0.05, 0) is 37.1 Å². The van der Waals surface area contributed by atoms with Crippen molar-refractivity contribution in [1.82, 2.24) is 4.57 Å². The molecule has 0 saturated carbocycles. The van der Waals surface area contributed by atoms with Gasteiger partial charge in [-0.15, -0.1) is 0 Å². The summed E-state index contributed by atoms with van der Waals surface area (Å²) in [4.78, 5) is 0. The number of benzene rings is 1. The lowest BCUT2D eigenvalue weighted by molar-refractivity contribution is 0.818. The van der Waals surface area contributed by atoms with E-state index in [-0.39, 0.29) is 6.04 Å². The van der Waals surface area contributed by atoms with E-state index in [1.165, 1.54) is 22.0 Å². The van der Waals surface area contributed by atoms with Crippen LogP contribution in [0.25, 0.3) is 10.9 Å². The number of aryl methyl sites for hydroxylation is 2. The molecule has 1 atom stereocenters. The van der Waals surface area contributed by atoms with Crippen molar-refractivity contribution < 1.29 is 0 Å². The first-order valence-corrected chi connectivity index (χ1v) is 4.91. The normalized spacial score (nSPS) is 13.4. The number of rotatable bonds is 1. The first-order valence-electron chi connectivity index (χ1n) is 4.91. The van der Waals surface area contributed by atoms with E-state index in [1.807, 2.05) is 6.92 Å². The molecule has 0 saturated heterocycles. The molecule has 1 aromatic carbocycles. The predicted octanol–water partition coefficient (Wildman–Crippen LogP) is 2.51. The fourth-order valence-electron chi connectivity index (χ4n) is 1.97. The zero-order chi connectivity index (χ0) is 10.3. The van der Waals surface area contributed by atoms with Gasteiger partial charge in [0.15, 0.2) is 0 Å². The average molecular weight is 188 g/mol. The number of fused-ring (bicyclic) bond motifs is 1. The minimum absolute atomic E-state index is 0.110. The second kappa shape index (κ2) is 3.14. The molecule has 1 unspecified atom stereocenters. The zero-order valence-corrected chi connectivity index (χ0v) is 8.91. The number of hydrogen-bond donors (Lipinski definition) is 1. The molecule has 2 aromatic rings. The van der Waals surface area contributed by atoms with Crippen LogP contribution in [0.5, 0.6) is 0 Å². The van der Waals surface area contributed by atoms with E-state index in [0.717, 1.165) is 0 Å². The van der Waals surface area contributed by atoms with Gasteiger partial charge in [0.25, 0.3) is 0 Å². The largest absolute Gasteiger partial charge is 0.350 e. The van der Waals surface area contributed by atoms with Crippen LogP contribution >= 0.6 is 0 Å². The summed E-state index contributed by atoms with van der Waals surface area (Å²) >= 11 is 0. The number of aromatic nitrogens is 1. The average Bonchev–Trinajstić information content (AvgIpc) is 2.48. The SMILES string of the molecule is Cc1cc(C(C)N)cc2ccn(C)c12. The Balaban J connectivity index is 2.74. The van der Waals surface area contributed by atoms with Crippen molar-refractivity contribution in [2.24, 2.45) is 12.8 Å². The number of nitrogens with two attached hydrogens (primary N) is 1. The van der Waals surface area contributed by atoms with E-state index in [9.17, 15) is 0 Å². The van der Waals surface area contributed by atoms with Crippen molar-refractivity contribution in [3.8, 4) is 0 Å². The van der Waals surface area contributed by atoms with Gasteiger partial charge in [-0.3, -0.25) is 0 Å². The fraction of sp³-hybridized carbons (Fsp3) is 0.333. The van der Waals surface area contributed by atoms with Gasteiger partial charge in [0, 0.05) is 24.7 Å². The zero-order valence-electron chi connectivity index (χ0n) is 8.91. The van der Waals surface area contributed by atoms with Crippen LogP contribution in [0.15, 0.2) is 24.4 Å². The summed E-state index contributed by atoms with van der Waals surface area (Å²) in [5, 5.41) is 1.28. The maximum Gasteiger partial charge on any atom is 0.0507 e. The summed E-state index contributed by atoms with van der Waals surface area (Å²) in [6, 6.07) is 6.59. The van der Waals surface area contributed by atoms with Crippen LogP contribution in [0.1, 0.15) is 24.1 Å². The van der Waals surface area contributed by atoms with Gasteiger partial charge < -0.3 is 10.3 Å². The molecule has 2 N–H and O–H groups in total. The highest BCUT2D eigenvalue weighted by atomic mass is 14.9. The third kappa shape index (κ3) is 1.32. The number of hydrogen-bond acceptors (Lipinski definition) is 1. The summed E-state index contributed by atoms with van der Waals surface area (Å²) in [5.41, 5.74) is 9.68. The maximum atomic E-state index is 5.87. The Morgan fingerprint density at radius 3 is 2.71 bits per heavy atom. The van der Waals surface area contributed by atoms with Crippen molar-refractivity contribution in [2.45, 2.75) is 19.9 Å². The lowest BCUT2D eigenvalue weighted by Gasteiger charge is -2.08. The summed E-state index contributed by atoms with van der Waals surface area (Å²) in [7, 11) is 2.07. The summed E-state index contributed by atoms with van der Waals surface area (Å²) in [6.45, 7) is 4.15. The van der Waals surface area contributed by atoms with Crippen LogP contribution in [0, 0.1) is 6.92 Å². The van der Waals surface area contributed by atoms with Gasteiger partial charge in [0.2, 0.25) is 0 Å². The Hall–Kier alpha value is -1.28. The van der Waals surface area contributed by atoms with Crippen LogP contribution in [0.3, 0.4) is 0 Å². The van der Waals surface area contributed by atoms with Gasteiger partial charge in [-0.1, -0.05) is 6.07 Å². The molecule has 0 aliphatic carbocycles. The van der Waals surface area contributed by atoms with Gasteiger partial charge in [0.1, 0.15) is 0 Å². The monoisotopic (exact) mass is 188 g/mol. The van der Waals surface area contributed by atoms with Crippen LogP contribution in [0.2, 0.25) is 0 Å². The molecule has 0 spiro atoms. The van der Waals surface area contributed by atoms with Gasteiger partial charge in [-0.2, -0.15) is 0 Å². The van der Waals surface area contributed by atoms with E-state index in [4.69, 9.17) is 5.73 Å². The van der Waals surface area contributed by atoms with E-state index >= 15 is 0 Å². The molecule has 2 heteroatoms. The predicted molar refractivity (Wildman–Crippen MR) is 60.3 cm³/mol. The molecule has 1 aromatic heterocycles. The molecule has 1 heterocycles. The van der Waals surface area contributed by atoms with E-state index < -0.39 is 0 Å². The third-order valence-corrected chi connectivity index (χ3v) is 2.71. The van der Waals surface area contributed by atoms with Crippen molar-refractivity contribution in [2.75, 3.05) is 0 Å². The topological polar surface area (TPSA) is 30.9 Å². The quantitative estimate of drug-likeness (QED) is 0.732. The highest BCUT2D eigenvalue weighted by molar-refractivity contribution is 5.84. The summed E-state index contributed by atoms with van der Waals surface area (Å²) < 4.78 is 2.15. The first kappa shape index (κ1) is 9.28. The van der Waals surface area contributed by atoms with Crippen LogP contribution in [-0.2, 0) is 7.05 Å². The molecule has 0 aliphatic heterocycles. The smallest absolute Gasteiger partial charge is 0.0507 e. The van der Waals surface area contributed by atoms with Crippen LogP contribution in [0.4, 0.5) is 0 Å². The summed E-state index contributed by atoms with van der Waals surface area (Å²) in [6.07, 6.45) is 2.09. The van der Waals surface area contributed by atoms with Crippen molar-refractivity contribution >= 4 is 10.9 Å². The number of nitrogens with zero attached hydrogens (tertiary/aromatic N) is 1. The molecular weight excluding hydrogens is 172 g/mol. The standard InChI is InChI=1S/C12H16N2/c1-8-6-11(9(2)13)7-10-4-5-14(3)12(8)10/h4-7,9H,13H2,1-3H3. The first-order chi connectivity index (χ1) is 6.59. The van der Waals surface area contributed by atoms with Crippen molar-refractivity contribution in [3.05, 3.63) is 35.5 Å². The molecule has 74 valence electrons. The Bertz CT molecular complexity index is 466. The van der Waals surface area contributed by atoms with Crippen LogP contribution in [-0.4, -0.2) is 4.57 Å². The van der Waals surface area contributed by atoms with Crippen molar-refractivity contribution in [1.29, 1.82) is 0 Å². The highest BCUT2D eigenvalue weighted by Gasteiger charge is 2.06. The Labute approximate surface area is 84.3 Å². The maximum absolute atomic E-state index is 5.87. The molecule has 2 rings (SSSR count). The van der Waals surface area contributed by atoms with Gasteiger partial charge >= 0.3 is 0 Å². The lowest BCUT2D eigenvalue weighted by Crippen LogP contribution is -2.05. The van der Waals surface area contributed by atoms with E-state index in [1.54, 1.807) is 0 Å². The molecule has 0 amide bonds.